The van der Waals surface area contributed by atoms with E-state index >= 15 is 0 Å². The Balaban J connectivity index is 1.61. The van der Waals surface area contributed by atoms with E-state index in [1.54, 1.807) is 6.07 Å². The Morgan fingerprint density at radius 2 is 1.85 bits per heavy atom. The van der Waals surface area contributed by atoms with E-state index in [2.05, 4.69) is 11.4 Å². The lowest BCUT2D eigenvalue weighted by Crippen LogP contribution is -2.42. The molecule has 1 saturated heterocycles. The molecule has 0 aromatic heterocycles. The summed E-state index contributed by atoms with van der Waals surface area (Å²) >= 11 is 0. The molecule has 9 heteroatoms. The third-order valence-electron chi connectivity index (χ3n) is 6.09. The zero-order valence-electron chi connectivity index (χ0n) is 18.7. The lowest BCUT2D eigenvalue weighted by molar-refractivity contribution is -0.384. The van der Waals surface area contributed by atoms with Crippen LogP contribution in [-0.4, -0.2) is 34.3 Å². The second kappa shape index (κ2) is 7.84. The number of benzene rings is 2. The number of non-ortho nitro benzene ring substituents is 1. The van der Waals surface area contributed by atoms with E-state index in [1.165, 1.54) is 36.4 Å². The van der Waals surface area contributed by atoms with Crippen LogP contribution in [0.3, 0.4) is 0 Å². The average Bonchev–Trinajstić information content (AvgIpc) is 3.00. The van der Waals surface area contributed by atoms with E-state index in [1.807, 2.05) is 32.7 Å². The lowest BCUT2D eigenvalue weighted by atomic mass is 9.88. The van der Waals surface area contributed by atoms with Crippen molar-refractivity contribution in [2.75, 3.05) is 11.9 Å². The van der Waals surface area contributed by atoms with E-state index in [0.29, 0.717) is 5.56 Å². The molecule has 0 atom stereocenters. The van der Waals surface area contributed by atoms with Gasteiger partial charge in [0.25, 0.3) is 11.6 Å². The zero-order valence-corrected chi connectivity index (χ0v) is 18.7. The topological polar surface area (TPSA) is 95.8 Å². The number of allylic oxidation sites excluding steroid dienone is 1. The molecule has 2 aromatic rings. The van der Waals surface area contributed by atoms with Gasteiger partial charge in [0.1, 0.15) is 11.5 Å². The SMILES string of the molecule is CC1=CC(C)(C)N(C)c2cc(F)c(/C=C3/NC(=O)N(Cc4ccc([N+](=O)[O-])cc4)C3=O)cc21. The van der Waals surface area contributed by atoms with E-state index in [-0.39, 0.29) is 29.0 Å². The first-order valence-electron chi connectivity index (χ1n) is 10.3. The lowest BCUT2D eigenvalue weighted by Gasteiger charge is -2.40. The van der Waals surface area contributed by atoms with Gasteiger partial charge in [0.15, 0.2) is 0 Å². The van der Waals surface area contributed by atoms with Crippen LogP contribution in [0.25, 0.3) is 11.6 Å². The molecular formula is C24H23FN4O4. The minimum atomic E-state index is -0.638. The second-order valence-corrected chi connectivity index (χ2v) is 8.73. The number of nitro groups is 1. The fourth-order valence-corrected chi connectivity index (χ4v) is 4.07. The summed E-state index contributed by atoms with van der Waals surface area (Å²) in [6.45, 7) is 5.98. The number of urea groups is 1. The third-order valence-corrected chi connectivity index (χ3v) is 6.09. The minimum Gasteiger partial charge on any atom is -0.365 e. The number of nitro benzene ring substituents is 1. The van der Waals surface area contributed by atoms with Crippen molar-refractivity contribution in [2.45, 2.75) is 32.9 Å². The van der Waals surface area contributed by atoms with Crippen LogP contribution in [0.1, 0.15) is 37.5 Å². The smallest absolute Gasteiger partial charge is 0.329 e. The molecule has 0 unspecified atom stereocenters. The Morgan fingerprint density at radius 3 is 2.48 bits per heavy atom. The summed E-state index contributed by atoms with van der Waals surface area (Å²) in [5.41, 5.74) is 2.95. The summed E-state index contributed by atoms with van der Waals surface area (Å²) < 4.78 is 15.0. The molecule has 2 aliphatic rings. The van der Waals surface area contributed by atoms with Crippen LogP contribution in [0.5, 0.6) is 0 Å². The van der Waals surface area contributed by atoms with E-state index < -0.39 is 22.7 Å². The predicted molar refractivity (Wildman–Crippen MR) is 123 cm³/mol. The van der Waals surface area contributed by atoms with Gasteiger partial charge in [0.05, 0.1) is 17.0 Å². The maximum Gasteiger partial charge on any atom is 0.329 e. The molecule has 0 radical (unpaired) electrons. The highest BCUT2D eigenvalue weighted by Gasteiger charge is 2.34. The number of carbonyl (C=O) groups excluding carboxylic acids is 2. The van der Waals surface area contributed by atoms with Crippen LogP contribution in [-0.2, 0) is 11.3 Å². The van der Waals surface area contributed by atoms with Gasteiger partial charge in [-0.3, -0.25) is 19.8 Å². The summed E-state index contributed by atoms with van der Waals surface area (Å²) in [7, 11) is 1.90. The molecule has 2 aromatic carbocycles. The quantitative estimate of drug-likeness (QED) is 0.321. The third kappa shape index (κ3) is 3.97. The number of fused-ring (bicyclic) bond motifs is 1. The molecule has 1 fully saturated rings. The van der Waals surface area contributed by atoms with Crippen molar-refractivity contribution < 1.29 is 18.9 Å². The highest BCUT2D eigenvalue weighted by atomic mass is 19.1. The highest BCUT2D eigenvalue weighted by molar-refractivity contribution is 6.14. The van der Waals surface area contributed by atoms with Crippen LogP contribution in [0.4, 0.5) is 20.6 Å². The van der Waals surface area contributed by atoms with Crippen molar-refractivity contribution in [3.8, 4) is 0 Å². The molecule has 0 bridgehead atoms. The number of hydrogen-bond acceptors (Lipinski definition) is 5. The van der Waals surface area contributed by atoms with Crippen molar-refractivity contribution in [3.63, 3.8) is 0 Å². The summed E-state index contributed by atoms with van der Waals surface area (Å²) in [5, 5.41) is 13.3. The van der Waals surface area contributed by atoms with Gasteiger partial charge < -0.3 is 10.2 Å². The first-order valence-corrected chi connectivity index (χ1v) is 10.3. The molecule has 0 spiro atoms. The molecule has 8 nitrogen and oxygen atoms in total. The summed E-state index contributed by atoms with van der Waals surface area (Å²) in [6.07, 6.45) is 3.43. The number of anilines is 1. The fourth-order valence-electron chi connectivity index (χ4n) is 4.07. The second-order valence-electron chi connectivity index (χ2n) is 8.73. The number of nitrogens with zero attached hydrogens (tertiary/aromatic N) is 3. The number of nitrogens with one attached hydrogen (secondary N) is 1. The minimum absolute atomic E-state index is 0.0353. The van der Waals surface area contributed by atoms with Crippen LogP contribution < -0.4 is 10.2 Å². The van der Waals surface area contributed by atoms with Crippen molar-refractivity contribution in [1.82, 2.24) is 10.2 Å². The number of rotatable bonds is 4. The number of likely N-dealkylation sites (N-methyl/N-ethyl adjacent to an activating group) is 1. The monoisotopic (exact) mass is 450 g/mol. The summed E-state index contributed by atoms with van der Waals surface area (Å²) in [4.78, 5) is 38.4. The molecule has 170 valence electrons. The molecule has 3 amide bonds. The number of hydrogen-bond donors (Lipinski definition) is 1. The maximum absolute atomic E-state index is 15.0. The van der Waals surface area contributed by atoms with Crippen molar-refractivity contribution >= 4 is 35.0 Å². The Bertz CT molecular complexity index is 1250. The molecule has 1 N–H and O–H groups in total. The van der Waals surface area contributed by atoms with Gasteiger partial charge in [-0.1, -0.05) is 18.2 Å². The normalized spacial score (nSPS) is 18.3. The number of imide groups is 1. The highest BCUT2D eigenvalue weighted by Crippen LogP contribution is 2.39. The standard InChI is InChI=1S/C24H23FN4O4/c1-14-12-24(2,3)27(4)21-11-19(25)16(9-18(14)21)10-20-22(30)28(23(31)26-20)13-15-5-7-17(8-6-15)29(32)33/h5-12H,13H2,1-4H3,(H,26,31)/b20-10+. The van der Waals surface area contributed by atoms with E-state index in [0.717, 1.165) is 21.7 Å². The first kappa shape index (κ1) is 22.2. The molecule has 0 aliphatic carbocycles. The van der Waals surface area contributed by atoms with Crippen molar-refractivity contribution in [3.05, 3.63) is 80.8 Å². The number of amides is 3. The molecule has 4 rings (SSSR count). The first-order chi connectivity index (χ1) is 15.5. The van der Waals surface area contributed by atoms with Crippen LogP contribution in [0.15, 0.2) is 48.2 Å². The molecular weight excluding hydrogens is 427 g/mol. The Morgan fingerprint density at radius 1 is 1.18 bits per heavy atom. The van der Waals surface area contributed by atoms with Gasteiger partial charge in [-0.2, -0.15) is 0 Å². The Hall–Kier alpha value is -4.01. The van der Waals surface area contributed by atoms with Gasteiger partial charge in [0, 0.05) is 36.0 Å². The summed E-state index contributed by atoms with van der Waals surface area (Å²) in [6, 6.07) is 8.06. The van der Waals surface area contributed by atoms with E-state index in [4.69, 9.17) is 0 Å². The Kier molecular flexibility index (Phi) is 5.27. The summed E-state index contributed by atoms with van der Waals surface area (Å²) in [5.74, 6) is -1.10. The Labute approximate surface area is 190 Å². The van der Waals surface area contributed by atoms with Crippen LogP contribution in [0, 0.1) is 15.9 Å². The molecule has 2 aliphatic heterocycles. The molecule has 0 saturated carbocycles. The van der Waals surface area contributed by atoms with Crippen LogP contribution >= 0.6 is 0 Å². The molecule has 2 heterocycles. The van der Waals surface area contributed by atoms with Gasteiger partial charge in [-0.25, -0.2) is 9.18 Å². The van der Waals surface area contributed by atoms with Gasteiger partial charge >= 0.3 is 6.03 Å². The van der Waals surface area contributed by atoms with E-state index in [9.17, 15) is 24.1 Å². The van der Waals surface area contributed by atoms with Crippen molar-refractivity contribution in [1.29, 1.82) is 0 Å². The number of halogens is 1. The van der Waals surface area contributed by atoms with Crippen molar-refractivity contribution in [2.24, 2.45) is 0 Å². The van der Waals surface area contributed by atoms with Gasteiger partial charge in [0.2, 0.25) is 0 Å². The molecule has 33 heavy (non-hydrogen) atoms. The number of carbonyl (C=O) groups is 2. The maximum atomic E-state index is 15.0. The average molecular weight is 450 g/mol. The van der Waals surface area contributed by atoms with Crippen LogP contribution in [0.2, 0.25) is 0 Å². The van der Waals surface area contributed by atoms with Gasteiger partial charge in [-0.15, -0.1) is 0 Å². The van der Waals surface area contributed by atoms with Gasteiger partial charge in [-0.05, 0) is 50.1 Å². The predicted octanol–water partition coefficient (Wildman–Crippen LogP) is 4.46. The fraction of sp³-hybridized carbons (Fsp3) is 0.250. The zero-order chi connectivity index (χ0) is 24.1. The largest absolute Gasteiger partial charge is 0.365 e.